The van der Waals surface area contributed by atoms with Crippen LogP contribution in [0.25, 0.3) is 0 Å². The third-order valence-electron chi connectivity index (χ3n) is 1.49. The van der Waals surface area contributed by atoms with E-state index in [-0.39, 0.29) is 0 Å². The van der Waals surface area contributed by atoms with Crippen molar-refractivity contribution in [2.75, 3.05) is 11.9 Å². The summed E-state index contributed by atoms with van der Waals surface area (Å²) in [5, 5.41) is 2.54. The summed E-state index contributed by atoms with van der Waals surface area (Å²) in [4.78, 5) is 15.3. The molecule has 1 amide bonds. The standard InChI is InChI=1S/C10H13BrN2O2/c1-7(2)6-15-10(14)13-9-5-3-4-8(11)12-9/h3-5,7H,6H2,1-2H3,(H,12,13,14). The molecule has 0 saturated carbocycles. The van der Waals surface area contributed by atoms with Crippen LogP contribution in [0.4, 0.5) is 10.6 Å². The molecule has 5 heteroatoms. The van der Waals surface area contributed by atoms with Crippen LogP contribution in [0.1, 0.15) is 13.8 Å². The molecule has 0 aromatic carbocycles. The van der Waals surface area contributed by atoms with Crippen molar-refractivity contribution in [1.29, 1.82) is 0 Å². The number of amides is 1. The minimum atomic E-state index is -0.477. The van der Waals surface area contributed by atoms with Gasteiger partial charge in [0.1, 0.15) is 10.4 Å². The van der Waals surface area contributed by atoms with E-state index in [4.69, 9.17) is 4.74 Å². The predicted molar refractivity (Wildman–Crippen MR) is 61.7 cm³/mol. The molecule has 0 bridgehead atoms. The number of carbonyl (C=O) groups is 1. The fourth-order valence-electron chi connectivity index (χ4n) is 0.861. The maximum absolute atomic E-state index is 11.2. The van der Waals surface area contributed by atoms with Crippen LogP contribution < -0.4 is 5.32 Å². The minimum absolute atomic E-state index is 0.325. The summed E-state index contributed by atoms with van der Waals surface area (Å²) in [5.74, 6) is 0.796. The first-order chi connectivity index (χ1) is 7.08. The molecular weight excluding hydrogens is 260 g/mol. The molecule has 0 aliphatic heterocycles. The fourth-order valence-corrected chi connectivity index (χ4v) is 1.20. The second kappa shape index (κ2) is 5.70. The SMILES string of the molecule is CC(C)COC(=O)Nc1cccc(Br)n1. The number of hydrogen-bond donors (Lipinski definition) is 1. The number of halogens is 1. The lowest BCUT2D eigenvalue weighted by atomic mass is 10.2. The highest BCUT2D eigenvalue weighted by Crippen LogP contribution is 2.10. The molecule has 0 atom stereocenters. The summed E-state index contributed by atoms with van der Waals surface area (Å²) in [6.07, 6.45) is -0.477. The molecule has 4 nitrogen and oxygen atoms in total. The Kier molecular flexibility index (Phi) is 4.55. The van der Waals surface area contributed by atoms with Gasteiger partial charge in [-0.2, -0.15) is 0 Å². The van der Waals surface area contributed by atoms with Crippen LogP contribution in [0, 0.1) is 5.92 Å². The minimum Gasteiger partial charge on any atom is -0.449 e. The summed E-state index contributed by atoms with van der Waals surface area (Å²) in [6, 6.07) is 5.27. The van der Waals surface area contributed by atoms with Crippen LogP contribution >= 0.6 is 15.9 Å². The first-order valence-corrected chi connectivity index (χ1v) is 5.43. The van der Waals surface area contributed by atoms with Crippen LogP contribution in [0.15, 0.2) is 22.8 Å². The number of carbonyl (C=O) groups excluding carboxylic acids is 1. The van der Waals surface area contributed by atoms with Crippen molar-refractivity contribution < 1.29 is 9.53 Å². The van der Waals surface area contributed by atoms with Crippen LogP contribution in [-0.4, -0.2) is 17.7 Å². The molecule has 82 valence electrons. The summed E-state index contributed by atoms with van der Waals surface area (Å²) in [5.41, 5.74) is 0. The molecule has 1 N–H and O–H groups in total. The van der Waals surface area contributed by atoms with E-state index >= 15 is 0 Å². The van der Waals surface area contributed by atoms with E-state index in [9.17, 15) is 4.79 Å². The molecule has 0 aliphatic carbocycles. The highest BCUT2D eigenvalue weighted by molar-refractivity contribution is 9.10. The average Bonchev–Trinajstić information content (AvgIpc) is 2.15. The molecule has 0 saturated heterocycles. The Morgan fingerprint density at radius 2 is 2.33 bits per heavy atom. The molecule has 1 aromatic heterocycles. The van der Waals surface area contributed by atoms with Gasteiger partial charge < -0.3 is 4.74 Å². The van der Waals surface area contributed by atoms with Crippen molar-refractivity contribution in [2.24, 2.45) is 5.92 Å². The van der Waals surface area contributed by atoms with Gasteiger partial charge in [-0.05, 0) is 34.0 Å². The van der Waals surface area contributed by atoms with Gasteiger partial charge in [-0.1, -0.05) is 19.9 Å². The van der Waals surface area contributed by atoms with Gasteiger partial charge in [0.2, 0.25) is 0 Å². The third-order valence-corrected chi connectivity index (χ3v) is 1.93. The smallest absolute Gasteiger partial charge is 0.412 e. The normalized spacial score (nSPS) is 10.1. The topological polar surface area (TPSA) is 51.2 Å². The first kappa shape index (κ1) is 12.0. The Hall–Kier alpha value is -1.10. The number of anilines is 1. The van der Waals surface area contributed by atoms with Crippen molar-refractivity contribution >= 4 is 27.8 Å². The predicted octanol–water partition coefficient (Wildman–Crippen LogP) is 3.05. The maximum atomic E-state index is 11.2. The van der Waals surface area contributed by atoms with Crippen molar-refractivity contribution in [3.8, 4) is 0 Å². The highest BCUT2D eigenvalue weighted by atomic mass is 79.9. The van der Waals surface area contributed by atoms with E-state index in [0.717, 1.165) is 0 Å². The molecule has 1 rings (SSSR count). The molecule has 0 aliphatic rings. The zero-order valence-electron chi connectivity index (χ0n) is 8.66. The van der Waals surface area contributed by atoms with Gasteiger partial charge in [0.25, 0.3) is 0 Å². The number of nitrogens with zero attached hydrogens (tertiary/aromatic N) is 1. The van der Waals surface area contributed by atoms with Crippen LogP contribution in [-0.2, 0) is 4.74 Å². The summed E-state index contributed by atoms with van der Waals surface area (Å²) < 4.78 is 5.61. The Labute approximate surface area is 97.2 Å². The maximum Gasteiger partial charge on any atom is 0.412 e. The Morgan fingerprint density at radius 3 is 2.93 bits per heavy atom. The number of aromatic nitrogens is 1. The van der Waals surface area contributed by atoms with E-state index in [1.165, 1.54) is 0 Å². The lowest BCUT2D eigenvalue weighted by Gasteiger charge is -2.08. The van der Waals surface area contributed by atoms with Gasteiger partial charge in [-0.25, -0.2) is 9.78 Å². The Bertz CT molecular complexity index is 342. The largest absolute Gasteiger partial charge is 0.449 e. The van der Waals surface area contributed by atoms with Gasteiger partial charge in [0, 0.05) is 0 Å². The number of rotatable bonds is 3. The van der Waals surface area contributed by atoms with Crippen LogP contribution in [0.5, 0.6) is 0 Å². The van der Waals surface area contributed by atoms with Crippen molar-refractivity contribution in [3.05, 3.63) is 22.8 Å². The van der Waals surface area contributed by atoms with E-state index in [2.05, 4.69) is 26.2 Å². The molecule has 0 spiro atoms. The lowest BCUT2D eigenvalue weighted by molar-refractivity contribution is 0.147. The molecule has 0 fully saturated rings. The Morgan fingerprint density at radius 1 is 1.60 bits per heavy atom. The van der Waals surface area contributed by atoms with E-state index < -0.39 is 6.09 Å². The average molecular weight is 273 g/mol. The van der Waals surface area contributed by atoms with Gasteiger partial charge in [-0.3, -0.25) is 5.32 Å². The quantitative estimate of drug-likeness (QED) is 0.861. The molecule has 0 radical (unpaired) electrons. The number of nitrogens with one attached hydrogen (secondary N) is 1. The highest BCUT2D eigenvalue weighted by Gasteiger charge is 2.05. The molecule has 15 heavy (non-hydrogen) atoms. The van der Waals surface area contributed by atoms with Crippen molar-refractivity contribution in [3.63, 3.8) is 0 Å². The lowest BCUT2D eigenvalue weighted by Crippen LogP contribution is -2.17. The second-order valence-corrected chi connectivity index (χ2v) is 4.28. The summed E-state index contributed by atoms with van der Waals surface area (Å²) in [6.45, 7) is 4.36. The molecule has 0 unspecified atom stereocenters. The molecular formula is C10H13BrN2O2. The van der Waals surface area contributed by atoms with E-state index in [0.29, 0.717) is 22.9 Å². The zero-order chi connectivity index (χ0) is 11.3. The van der Waals surface area contributed by atoms with Crippen molar-refractivity contribution in [1.82, 2.24) is 4.98 Å². The first-order valence-electron chi connectivity index (χ1n) is 4.64. The van der Waals surface area contributed by atoms with E-state index in [1.54, 1.807) is 18.2 Å². The van der Waals surface area contributed by atoms with Crippen LogP contribution in [0.3, 0.4) is 0 Å². The van der Waals surface area contributed by atoms with Gasteiger partial charge >= 0.3 is 6.09 Å². The third kappa shape index (κ3) is 4.78. The molecule has 1 heterocycles. The fraction of sp³-hybridized carbons (Fsp3) is 0.400. The number of pyridine rings is 1. The number of ether oxygens (including phenoxy) is 1. The Balaban J connectivity index is 2.44. The summed E-state index contributed by atoms with van der Waals surface area (Å²) in [7, 11) is 0. The van der Waals surface area contributed by atoms with Crippen LogP contribution in [0.2, 0.25) is 0 Å². The monoisotopic (exact) mass is 272 g/mol. The zero-order valence-corrected chi connectivity index (χ0v) is 10.2. The van der Waals surface area contributed by atoms with Gasteiger partial charge in [0.05, 0.1) is 6.61 Å². The van der Waals surface area contributed by atoms with Gasteiger partial charge in [0.15, 0.2) is 0 Å². The summed E-state index contributed by atoms with van der Waals surface area (Å²) >= 11 is 3.21. The van der Waals surface area contributed by atoms with E-state index in [1.807, 2.05) is 13.8 Å². The second-order valence-electron chi connectivity index (χ2n) is 3.46. The molecule has 1 aromatic rings. The van der Waals surface area contributed by atoms with Crippen molar-refractivity contribution in [2.45, 2.75) is 13.8 Å². The number of hydrogen-bond acceptors (Lipinski definition) is 3. The van der Waals surface area contributed by atoms with Gasteiger partial charge in [-0.15, -0.1) is 0 Å².